The van der Waals surface area contributed by atoms with Crippen molar-refractivity contribution in [3.05, 3.63) is 64.3 Å². The number of ether oxygens (including phenoxy) is 1. The summed E-state index contributed by atoms with van der Waals surface area (Å²) in [5.41, 5.74) is 13.8. The minimum atomic E-state index is -4.38. The lowest BCUT2D eigenvalue weighted by atomic mass is 9.91. The van der Waals surface area contributed by atoms with Gasteiger partial charge in [-0.2, -0.15) is 13.2 Å². The smallest absolute Gasteiger partial charge is 0.416 e. The first-order valence-electron chi connectivity index (χ1n) is 14.9. The Kier molecular flexibility index (Phi) is 12.2. The van der Waals surface area contributed by atoms with Crippen molar-refractivity contribution in [2.75, 3.05) is 6.54 Å². The Morgan fingerprint density at radius 3 is 2.41 bits per heavy atom. The van der Waals surface area contributed by atoms with Gasteiger partial charge in [-0.3, -0.25) is 9.59 Å². The minimum Gasteiger partial charge on any atom is -0.489 e. The first-order valence-corrected chi connectivity index (χ1v) is 14.9. The van der Waals surface area contributed by atoms with E-state index >= 15 is 0 Å². The quantitative estimate of drug-likeness (QED) is 0.172. The molecule has 1 saturated carbocycles. The van der Waals surface area contributed by atoms with Crippen LogP contribution in [-0.2, 0) is 28.8 Å². The molecular formula is C32H42F3N3O6. The average Bonchev–Trinajstić information content (AvgIpc) is 3.70. The van der Waals surface area contributed by atoms with Gasteiger partial charge in [0.2, 0.25) is 0 Å². The highest BCUT2D eigenvalue weighted by Crippen LogP contribution is 2.43. The van der Waals surface area contributed by atoms with Crippen molar-refractivity contribution in [1.82, 2.24) is 4.98 Å². The number of aryl methyl sites for hydroxylation is 1. The Morgan fingerprint density at radius 2 is 1.77 bits per heavy atom. The lowest BCUT2D eigenvalue weighted by Crippen LogP contribution is -2.29. The van der Waals surface area contributed by atoms with E-state index in [2.05, 4.69) is 4.98 Å². The van der Waals surface area contributed by atoms with E-state index in [9.17, 15) is 22.8 Å². The van der Waals surface area contributed by atoms with E-state index < -0.39 is 29.7 Å². The fourth-order valence-electron chi connectivity index (χ4n) is 6.16. The van der Waals surface area contributed by atoms with Gasteiger partial charge in [-0.25, -0.2) is 0 Å². The Bertz CT molecular complexity index is 1420. The molecule has 242 valence electrons. The molecule has 0 saturated heterocycles. The molecule has 44 heavy (non-hydrogen) atoms. The first-order chi connectivity index (χ1) is 20.5. The lowest BCUT2D eigenvalue weighted by molar-refractivity contribution is -0.139. The summed E-state index contributed by atoms with van der Waals surface area (Å²) in [7, 11) is 0. The number of alkyl halides is 3. The largest absolute Gasteiger partial charge is 0.489 e. The van der Waals surface area contributed by atoms with Crippen LogP contribution in [0.3, 0.4) is 0 Å². The van der Waals surface area contributed by atoms with Crippen LogP contribution in [0.15, 0.2) is 36.4 Å². The third-order valence-electron chi connectivity index (χ3n) is 8.39. The highest BCUT2D eigenvalue weighted by molar-refractivity contribution is 5.87. The Balaban J connectivity index is 0.000000417. The van der Waals surface area contributed by atoms with Gasteiger partial charge in [0.1, 0.15) is 18.4 Å². The number of aromatic nitrogens is 1. The summed E-state index contributed by atoms with van der Waals surface area (Å²) < 4.78 is 47.1. The fourth-order valence-corrected chi connectivity index (χ4v) is 6.16. The third-order valence-corrected chi connectivity index (χ3v) is 8.39. The van der Waals surface area contributed by atoms with Gasteiger partial charge in [0.05, 0.1) is 12.0 Å². The van der Waals surface area contributed by atoms with Crippen LogP contribution in [0.2, 0.25) is 0 Å². The number of hydrogen-bond acceptors (Lipinski definition) is 5. The second-order valence-corrected chi connectivity index (χ2v) is 11.5. The second kappa shape index (κ2) is 15.4. The van der Waals surface area contributed by atoms with E-state index in [1.165, 1.54) is 6.07 Å². The van der Waals surface area contributed by atoms with Gasteiger partial charge >= 0.3 is 18.1 Å². The highest BCUT2D eigenvalue weighted by atomic mass is 19.4. The average molecular weight is 622 g/mol. The molecule has 5 rings (SSSR count). The molecule has 2 aromatic carbocycles. The summed E-state index contributed by atoms with van der Waals surface area (Å²) in [6, 6.07) is 9.45. The number of H-pyrrole nitrogens is 1. The Morgan fingerprint density at radius 1 is 1.05 bits per heavy atom. The molecule has 3 aromatic rings. The molecule has 1 aromatic heterocycles. The van der Waals surface area contributed by atoms with Crippen LogP contribution in [0.25, 0.3) is 10.9 Å². The Hall–Kier alpha value is -3.61. The molecule has 0 aliphatic heterocycles. The van der Waals surface area contributed by atoms with E-state index in [0.29, 0.717) is 29.8 Å². The molecule has 2 atom stereocenters. The number of rotatable bonds is 11. The minimum absolute atomic E-state index is 0. The normalized spacial score (nSPS) is 17.0. The molecule has 1 heterocycles. The van der Waals surface area contributed by atoms with Crippen molar-refractivity contribution in [3.8, 4) is 5.75 Å². The molecule has 12 heteroatoms. The maximum absolute atomic E-state index is 13.7. The first kappa shape index (κ1) is 34.9. The maximum Gasteiger partial charge on any atom is 0.416 e. The maximum atomic E-state index is 13.7. The lowest BCUT2D eigenvalue weighted by Gasteiger charge is -2.19. The number of aliphatic carboxylic acids is 2. The number of benzene rings is 2. The monoisotopic (exact) mass is 621 g/mol. The zero-order valence-corrected chi connectivity index (χ0v) is 24.6. The van der Waals surface area contributed by atoms with Crippen molar-refractivity contribution in [1.29, 1.82) is 0 Å². The molecular weight excluding hydrogens is 579 g/mol. The predicted molar refractivity (Wildman–Crippen MR) is 161 cm³/mol. The molecule has 0 spiro atoms. The van der Waals surface area contributed by atoms with Gasteiger partial charge < -0.3 is 36.9 Å². The van der Waals surface area contributed by atoms with Crippen LogP contribution in [0.1, 0.15) is 97.6 Å². The molecule has 9 nitrogen and oxygen atoms in total. The number of carboxylic acid groups (broad SMARTS) is 2. The zero-order valence-electron chi connectivity index (χ0n) is 24.6. The number of halogens is 3. The second-order valence-electron chi connectivity index (χ2n) is 11.5. The van der Waals surface area contributed by atoms with Crippen LogP contribution in [0.4, 0.5) is 13.2 Å². The van der Waals surface area contributed by atoms with E-state index in [4.69, 9.17) is 26.4 Å². The number of hydrogen-bond donors (Lipinski definition) is 5. The van der Waals surface area contributed by atoms with Gasteiger partial charge in [-0.1, -0.05) is 31.4 Å². The number of fused-ring (bicyclic) bond motifs is 3. The van der Waals surface area contributed by atoms with Crippen LogP contribution in [0, 0.1) is 0 Å². The van der Waals surface area contributed by atoms with Gasteiger partial charge in [-0.15, -0.1) is 0 Å². The van der Waals surface area contributed by atoms with Gasteiger partial charge in [-0.05, 0) is 91.9 Å². The number of unbranched alkanes of at least 4 members (excludes halogenated alkanes) is 1. The summed E-state index contributed by atoms with van der Waals surface area (Å²) in [4.78, 5) is 24.6. The molecule has 2 aliphatic rings. The van der Waals surface area contributed by atoms with Gasteiger partial charge in [0, 0.05) is 22.5 Å². The molecule has 2 aliphatic carbocycles. The summed E-state index contributed by atoms with van der Waals surface area (Å²) in [5.74, 6) is -1.20. The number of carboxylic acids is 2. The molecule has 0 amide bonds. The summed E-state index contributed by atoms with van der Waals surface area (Å²) in [6.45, 7) is 0.653. The molecule has 0 bridgehead atoms. The van der Waals surface area contributed by atoms with E-state index in [-0.39, 0.29) is 30.3 Å². The van der Waals surface area contributed by atoms with Crippen molar-refractivity contribution < 1.29 is 43.2 Å². The summed E-state index contributed by atoms with van der Waals surface area (Å²) in [6.07, 6.45) is 3.06. The molecule has 9 N–H and O–H groups in total. The topological polar surface area (TPSA) is 183 Å². The van der Waals surface area contributed by atoms with Crippen molar-refractivity contribution >= 4 is 22.8 Å². The highest BCUT2D eigenvalue weighted by Gasteiger charge is 2.36. The van der Waals surface area contributed by atoms with Crippen LogP contribution < -0.4 is 16.2 Å². The number of nitrogens with one attached hydrogen (secondary N) is 1. The van der Waals surface area contributed by atoms with E-state index in [1.54, 1.807) is 18.2 Å². The van der Waals surface area contributed by atoms with Crippen molar-refractivity contribution in [2.45, 2.75) is 94.9 Å². The third kappa shape index (κ3) is 8.73. The Labute approximate surface area is 254 Å². The van der Waals surface area contributed by atoms with Crippen molar-refractivity contribution in [3.63, 3.8) is 0 Å². The molecule has 0 radical (unpaired) electrons. The number of carbonyl (C=O) groups is 2. The molecule has 0 unspecified atom stereocenters. The van der Waals surface area contributed by atoms with Gasteiger partial charge in [0.15, 0.2) is 0 Å². The van der Waals surface area contributed by atoms with Crippen LogP contribution >= 0.6 is 0 Å². The SMILES string of the molecule is NCCCC[C@@H](N)C(=O)O.O.O=C(O)C[C@@H]1CCc2c1[nH]c1ccc(OCc3ccc(C4CCCC4)c(C(F)(F)F)c3)cc21. The summed E-state index contributed by atoms with van der Waals surface area (Å²) in [5, 5.41) is 18.5. The van der Waals surface area contributed by atoms with Crippen molar-refractivity contribution in [2.24, 2.45) is 11.5 Å². The van der Waals surface area contributed by atoms with Gasteiger partial charge in [0.25, 0.3) is 0 Å². The van der Waals surface area contributed by atoms with E-state index in [0.717, 1.165) is 73.5 Å². The standard InChI is InChI=1S/C26H26F3NO3.C6H14N2O2.H2O/c27-26(28,29)22-11-15(5-8-19(22)16-3-1-2-4-16)14-33-18-7-10-23-21(13-18)20-9-6-17(12-24(31)32)25(20)30-23;7-4-2-1-3-5(8)6(9)10;/h5,7-8,10-11,13,16-17,30H,1-4,6,9,12,14H2,(H,31,32);5H,1-4,7-8H2,(H,9,10);1H2/t17-;5-;/m01./s1. The number of nitrogens with two attached hydrogens (primary N) is 2. The number of aromatic amines is 1. The summed E-state index contributed by atoms with van der Waals surface area (Å²) >= 11 is 0. The predicted octanol–water partition coefficient (Wildman–Crippen LogP) is 5.63. The fraction of sp³-hybridized carbons (Fsp3) is 0.500. The zero-order chi connectivity index (χ0) is 31.1. The van der Waals surface area contributed by atoms with Crippen LogP contribution in [0.5, 0.6) is 5.75 Å². The van der Waals surface area contributed by atoms with E-state index in [1.807, 2.05) is 12.1 Å². The molecule has 1 fully saturated rings. The van der Waals surface area contributed by atoms with Crippen LogP contribution in [-0.4, -0.2) is 45.2 Å².